The van der Waals surface area contributed by atoms with Crippen LogP contribution in [0.3, 0.4) is 0 Å². The zero-order valence-electron chi connectivity index (χ0n) is 17.8. The maximum Gasteiger partial charge on any atom is 0.330 e. The third kappa shape index (κ3) is 3.79. The fourth-order valence-electron chi connectivity index (χ4n) is 4.92. The summed E-state index contributed by atoms with van der Waals surface area (Å²) in [6.07, 6.45) is 4.76. The van der Waals surface area contributed by atoms with Crippen molar-refractivity contribution in [2.75, 3.05) is 6.61 Å². The molecule has 2 N–H and O–H groups in total. The van der Waals surface area contributed by atoms with Gasteiger partial charge in [0.25, 0.3) is 11.8 Å². The number of ether oxygens (including phenoxy) is 1. The number of benzene rings is 1. The second kappa shape index (κ2) is 8.57. The van der Waals surface area contributed by atoms with E-state index in [1.165, 1.54) is 0 Å². The van der Waals surface area contributed by atoms with Crippen LogP contribution in [0.15, 0.2) is 42.5 Å². The zero-order valence-corrected chi connectivity index (χ0v) is 17.8. The van der Waals surface area contributed by atoms with E-state index in [-0.39, 0.29) is 29.6 Å². The van der Waals surface area contributed by atoms with E-state index in [1.807, 2.05) is 12.2 Å². The molecule has 3 aliphatic rings. The van der Waals surface area contributed by atoms with Gasteiger partial charge in [-0.2, -0.15) is 0 Å². The molecule has 1 aliphatic heterocycles. The fourth-order valence-corrected chi connectivity index (χ4v) is 4.92. The van der Waals surface area contributed by atoms with Crippen molar-refractivity contribution >= 4 is 29.6 Å². The Morgan fingerprint density at radius 1 is 1.00 bits per heavy atom. The predicted molar refractivity (Wildman–Crippen MR) is 111 cm³/mol. The molecule has 2 bridgehead atoms. The number of amides is 4. The number of allylic oxidation sites excluding steroid dienone is 2. The number of fused-ring (bicyclic) bond motifs is 5. The molecule has 0 aromatic heterocycles. The van der Waals surface area contributed by atoms with E-state index >= 15 is 0 Å². The van der Waals surface area contributed by atoms with Gasteiger partial charge < -0.3 is 4.74 Å². The van der Waals surface area contributed by atoms with Crippen molar-refractivity contribution in [3.05, 3.63) is 48.0 Å². The van der Waals surface area contributed by atoms with Gasteiger partial charge in [0.1, 0.15) is 6.04 Å². The molecule has 168 valence electrons. The number of hydrazine groups is 1. The standard InChI is InChI=1S/C23H25N3O6/c1-12(2)19(26-21(29)17-14-8-9-15(10-14)18(17)22(26)30)23(31)32-11-16(27)24-25-20(28)13-6-4-3-5-7-13/h3-9,12,14-15,17-19H,10-11H2,1-2H3,(H,24,27)(H,25,28)/t14-,15-,17-,18-,19+/m0/s1. The summed E-state index contributed by atoms with van der Waals surface area (Å²) in [4.78, 5) is 63.9. The number of esters is 1. The highest BCUT2D eigenvalue weighted by Crippen LogP contribution is 2.53. The minimum atomic E-state index is -1.10. The maximum absolute atomic E-state index is 13.0. The monoisotopic (exact) mass is 439 g/mol. The summed E-state index contributed by atoms with van der Waals surface area (Å²) >= 11 is 0. The lowest BCUT2D eigenvalue weighted by molar-refractivity contribution is -0.162. The second-order valence-electron chi connectivity index (χ2n) is 8.71. The first-order valence-electron chi connectivity index (χ1n) is 10.7. The Bertz CT molecular complexity index is 959. The molecule has 4 rings (SSSR count). The van der Waals surface area contributed by atoms with Crippen molar-refractivity contribution in [3.63, 3.8) is 0 Å². The van der Waals surface area contributed by atoms with Crippen LogP contribution in [-0.4, -0.2) is 47.1 Å². The molecule has 1 heterocycles. The molecule has 1 saturated carbocycles. The highest BCUT2D eigenvalue weighted by Gasteiger charge is 2.61. The van der Waals surface area contributed by atoms with Crippen LogP contribution < -0.4 is 10.9 Å². The Morgan fingerprint density at radius 3 is 2.16 bits per heavy atom. The van der Waals surface area contributed by atoms with Crippen LogP contribution in [0.2, 0.25) is 0 Å². The molecule has 1 saturated heterocycles. The average molecular weight is 439 g/mol. The van der Waals surface area contributed by atoms with Gasteiger partial charge in [0.05, 0.1) is 11.8 Å². The van der Waals surface area contributed by atoms with Gasteiger partial charge in [0.15, 0.2) is 6.61 Å². The normalized spacial score (nSPS) is 26.3. The van der Waals surface area contributed by atoms with E-state index in [2.05, 4.69) is 10.9 Å². The number of carbonyl (C=O) groups excluding carboxylic acids is 5. The summed E-state index contributed by atoms with van der Waals surface area (Å²) in [7, 11) is 0. The molecule has 1 aromatic rings. The lowest BCUT2D eigenvalue weighted by Gasteiger charge is -2.28. The molecule has 4 amide bonds. The molecular formula is C23H25N3O6. The maximum atomic E-state index is 13.0. The van der Waals surface area contributed by atoms with Gasteiger partial charge in [-0.3, -0.25) is 34.9 Å². The van der Waals surface area contributed by atoms with Crippen molar-refractivity contribution in [1.29, 1.82) is 0 Å². The quantitative estimate of drug-likeness (QED) is 0.293. The molecule has 0 unspecified atom stereocenters. The van der Waals surface area contributed by atoms with E-state index in [0.29, 0.717) is 5.56 Å². The molecule has 9 nitrogen and oxygen atoms in total. The number of nitrogens with one attached hydrogen (secondary N) is 2. The summed E-state index contributed by atoms with van der Waals surface area (Å²) in [6.45, 7) is 2.77. The van der Waals surface area contributed by atoms with E-state index < -0.39 is 42.3 Å². The van der Waals surface area contributed by atoms with Crippen molar-refractivity contribution in [3.8, 4) is 0 Å². The number of likely N-dealkylation sites (tertiary alicyclic amines) is 1. The number of imide groups is 1. The average Bonchev–Trinajstić information content (AvgIpc) is 3.46. The molecule has 32 heavy (non-hydrogen) atoms. The SMILES string of the molecule is CC(C)[C@H](C(=O)OCC(=O)NNC(=O)c1ccccc1)N1C(=O)[C@@H]2[C@@H](C1=O)[C@H]1C=C[C@H]2C1. The van der Waals surface area contributed by atoms with E-state index in [9.17, 15) is 24.0 Å². The largest absolute Gasteiger partial charge is 0.454 e. The van der Waals surface area contributed by atoms with Crippen LogP contribution >= 0.6 is 0 Å². The van der Waals surface area contributed by atoms with Gasteiger partial charge in [0.2, 0.25) is 11.8 Å². The van der Waals surface area contributed by atoms with E-state index in [4.69, 9.17) is 4.74 Å². The molecular weight excluding hydrogens is 414 g/mol. The van der Waals surface area contributed by atoms with Crippen LogP contribution in [0, 0.1) is 29.6 Å². The Kier molecular flexibility index (Phi) is 5.82. The van der Waals surface area contributed by atoms with Gasteiger partial charge >= 0.3 is 5.97 Å². The summed E-state index contributed by atoms with van der Waals surface area (Å²) in [5, 5.41) is 0. The smallest absolute Gasteiger partial charge is 0.330 e. The Balaban J connectivity index is 1.34. The minimum absolute atomic E-state index is 0.0364. The highest BCUT2D eigenvalue weighted by molar-refractivity contribution is 6.09. The molecule has 0 radical (unpaired) electrons. The van der Waals surface area contributed by atoms with Gasteiger partial charge in [-0.15, -0.1) is 0 Å². The Hall–Kier alpha value is -3.49. The van der Waals surface area contributed by atoms with Crippen LogP contribution in [0.5, 0.6) is 0 Å². The highest BCUT2D eigenvalue weighted by atomic mass is 16.5. The van der Waals surface area contributed by atoms with E-state index in [1.54, 1.807) is 44.2 Å². The molecule has 2 aliphatic carbocycles. The van der Waals surface area contributed by atoms with Crippen molar-refractivity contribution in [2.24, 2.45) is 29.6 Å². The number of nitrogens with zero attached hydrogens (tertiary/aromatic N) is 1. The van der Waals surface area contributed by atoms with Gasteiger partial charge in [0, 0.05) is 5.56 Å². The third-order valence-electron chi connectivity index (χ3n) is 6.35. The minimum Gasteiger partial charge on any atom is -0.454 e. The molecule has 1 aromatic carbocycles. The number of carbonyl (C=O) groups is 5. The number of hydrogen-bond donors (Lipinski definition) is 2. The number of rotatable bonds is 6. The summed E-state index contributed by atoms with van der Waals surface area (Å²) in [6, 6.07) is 7.17. The molecule has 5 atom stereocenters. The molecule has 9 heteroatoms. The number of hydrogen-bond acceptors (Lipinski definition) is 6. The van der Waals surface area contributed by atoms with Crippen LogP contribution in [0.1, 0.15) is 30.6 Å². The van der Waals surface area contributed by atoms with Gasteiger partial charge in [-0.25, -0.2) is 4.79 Å². The lowest BCUT2D eigenvalue weighted by Crippen LogP contribution is -2.50. The first-order valence-corrected chi connectivity index (χ1v) is 10.7. The zero-order chi connectivity index (χ0) is 23.0. The van der Waals surface area contributed by atoms with Crippen LogP contribution in [0.25, 0.3) is 0 Å². The predicted octanol–water partition coefficient (Wildman–Crippen LogP) is 0.822. The van der Waals surface area contributed by atoms with Crippen LogP contribution in [0.4, 0.5) is 0 Å². The fraction of sp³-hybridized carbons (Fsp3) is 0.435. The Labute approximate surface area is 185 Å². The lowest BCUT2D eigenvalue weighted by atomic mass is 9.85. The van der Waals surface area contributed by atoms with E-state index in [0.717, 1.165) is 11.3 Å². The van der Waals surface area contributed by atoms with Gasteiger partial charge in [-0.1, -0.05) is 44.2 Å². The summed E-state index contributed by atoms with van der Waals surface area (Å²) in [5.74, 6) is -3.92. The second-order valence-corrected chi connectivity index (χ2v) is 8.71. The van der Waals surface area contributed by atoms with Gasteiger partial charge in [-0.05, 0) is 36.3 Å². The van der Waals surface area contributed by atoms with Crippen molar-refractivity contribution < 1.29 is 28.7 Å². The topological polar surface area (TPSA) is 122 Å². The molecule has 2 fully saturated rings. The first-order chi connectivity index (χ1) is 15.3. The van der Waals surface area contributed by atoms with Crippen molar-refractivity contribution in [1.82, 2.24) is 15.8 Å². The Morgan fingerprint density at radius 2 is 1.59 bits per heavy atom. The third-order valence-corrected chi connectivity index (χ3v) is 6.35. The first kappa shape index (κ1) is 21.7. The summed E-state index contributed by atoms with van der Waals surface area (Å²) in [5.41, 5.74) is 4.76. The summed E-state index contributed by atoms with van der Waals surface area (Å²) < 4.78 is 5.10. The molecule has 0 spiro atoms. The van der Waals surface area contributed by atoms with Crippen LogP contribution in [-0.2, 0) is 23.9 Å². The van der Waals surface area contributed by atoms with Crippen molar-refractivity contribution in [2.45, 2.75) is 26.3 Å².